The molecule has 2 heterocycles. The molecule has 0 amide bonds. The van der Waals surface area contributed by atoms with Gasteiger partial charge in [-0.1, -0.05) is 12.1 Å². The second-order valence-corrected chi connectivity index (χ2v) is 6.00. The third-order valence-electron chi connectivity index (χ3n) is 4.33. The van der Waals surface area contributed by atoms with Gasteiger partial charge in [0.15, 0.2) is 0 Å². The smallest absolute Gasteiger partial charge is 0.122 e. The minimum absolute atomic E-state index is 0.235. The summed E-state index contributed by atoms with van der Waals surface area (Å²) in [4.78, 5) is 0. The Morgan fingerprint density at radius 1 is 1.10 bits per heavy atom. The van der Waals surface area contributed by atoms with Crippen molar-refractivity contribution in [3.8, 4) is 5.75 Å². The number of hydrogen-bond donors (Lipinski definition) is 1. The Labute approximate surface area is 121 Å². The van der Waals surface area contributed by atoms with Crippen molar-refractivity contribution in [2.45, 2.75) is 38.2 Å². The first-order chi connectivity index (χ1) is 9.90. The van der Waals surface area contributed by atoms with Crippen LogP contribution in [0.1, 0.15) is 31.2 Å². The fraction of sp³-hybridized carbons (Fsp3) is 0.647. The fourth-order valence-electron chi connectivity index (χ4n) is 3.12. The highest BCUT2D eigenvalue weighted by atomic mass is 16.5. The molecule has 1 aromatic rings. The summed E-state index contributed by atoms with van der Waals surface area (Å²) in [6, 6.07) is 8.68. The van der Waals surface area contributed by atoms with Crippen LogP contribution >= 0.6 is 0 Å². The second kappa shape index (κ2) is 7.09. The van der Waals surface area contributed by atoms with E-state index in [4.69, 9.17) is 9.47 Å². The molecule has 0 saturated carbocycles. The lowest BCUT2D eigenvalue weighted by atomic mass is 9.91. The van der Waals surface area contributed by atoms with E-state index in [0.29, 0.717) is 0 Å². The van der Waals surface area contributed by atoms with Gasteiger partial charge in [0.25, 0.3) is 0 Å². The van der Waals surface area contributed by atoms with E-state index in [9.17, 15) is 0 Å². The number of nitrogens with one attached hydrogen (secondary N) is 1. The first-order valence-electron chi connectivity index (χ1n) is 7.94. The van der Waals surface area contributed by atoms with E-state index < -0.39 is 0 Å². The van der Waals surface area contributed by atoms with Crippen LogP contribution in [-0.4, -0.2) is 32.4 Å². The van der Waals surface area contributed by atoms with Gasteiger partial charge in [-0.25, -0.2) is 0 Å². The molecule has 0 bridgehead atoms. The molecule has 2 aliphatic heterocycles. The van der Waals surface area contributed by atoms with Crippen LogP contribution < -0.4 is 10.1 Å². The zero-order chi connectivity index (χ0) is 13.6. The van der Waals surface area contributed by atoms with Crippen molar-refractivity contribution < 1.29 is 9.47 Å². The Hall–Kier alpha value is -1.06. The quantitative estimate of drug-likeness (QED) is 0.916. The van der Waals surface area contributed by atoms with Crippen molar-refractivity contribution in [1.29, 1.82) is 0 Å². The second-order valence-electron chi connectivity index (χ2n) is 6.00. The number of ether oxygens (including phenoxy) is 2. The molecule has 0 aliphatic carbocycles. The SMILES string of the molecule is c1cc(OC2CCCOC2)ccc1CC1CCNCC1. The van der Waals surface area contributed by atoms with Gasteiger partial charge >= 0.3 is 0 Å². The molecular formula is C17H25NO2. The minimum Gasteiger partial charge on any atom is -0.488 e. The Balaban J connectivity index is 1.51. The van der Waals surface area contributed by atoms with Crippen LogP contribution in [0.4, 0.5) is 0 Å². The van der Waals surface area contributed by atoms with E-state index in [0.717, 1.165) is 37.7 Å². The van der Waals surface area contributed by atoms with Crippen molar-refractivity contribution in [2.75, 3.05) is 26.3 Å². The van der Waals surface area contributed by atoms with Crippen molar-refractivity contribution in [3.05, 3.63) is 29.8 Å². The lowest BCUT2D eigenvalue weighted by molar-refractivity contribution is 0.00742. The van der Waals surface area contributed by atoms with Crippen LogP contribution in [0.15, 0.2) is 24.3 Å². The molecule has 20 heavy (non-hydrogen) atoms. The van der Waals surface area contributed by atoms with Crippen LogP contribution in [0.2, 0.25) is 0 Å². The van der Waals surface area contributed by atoms with Crippen molar-refractivity contribution in [2.24, 2.45) is 5.92 Å². The predicted octanol–water partition coefficient (Wildman–Crippen LogP) is 2.79. The zero-order valence-electron chi connectivity index (χ0n) is 12.1. The average Bonchev–Trinajstić information content (AvgIpc) is 2.51. The summed E-state index contributed by atoms with van der Waals surface area (Å²) < 4.78 is 11.4. The molecule has 2 aliphatic rings. The maximum Gasteiger partial charge on any atom is 0.122 e. The van der Waals surface area contributed by atoms with Gasteiger partial charge in [0.05, 0.1) is 6.61 Å². The van der Waals surface area contributed by atoms with E-state index in [1.54, 1.807) is 0 Å². The van der Waals surface area contributed by atoms with Gasteiger partial charge in [0, 0.05) is 6.61 Å². The lowest BCUT2D eigenvalue weighted by Crippen LogP contribution is -2.28. The molecular weight excluding hydrogens is 250 g/mol. The first kappa shape index (κ1) is 13.9. The van der Waals surface area contributed by atoms with Gasteiger partial charge in [0.1, 0.15) is 11.9 Å². The third-order valence-corrected chi connectivity index (χ3v) is 4.33. The van der Waals surface area contributed by atoms with Gasteiger partial charge in [0.2, 0.25) is 0 Å². The Bertz CT molecular complexity index is 353. The zero-order valence-corrected chi connectivity index (χ0v) is 12.1. The number of rotatable bonds is 4. The summed E-state index contributed by atoms with van der Waals surface area (Å²) in [5.74, 6) is 1.82. The molecule has 3 heteroatoms. The van der Waals surface area contributed by atoms with Crippen LogP contribution in [0.25, 0.3) is 0 Å². The molecule has 1 atom stereocenters. The number of hydrogen-bond acceptors (Lipinski definition) is 3. The predicted molar refractivity (Wildman–Crippen MR) is 80.2 cm³/mol. The molecule has 3 nitrogen and oxygen atoms in total. The summed E-state index contributed by atoms with van der Waals surface area (Å²) in [5.41, 5.74) is 1.43. The van der Waals surface area contributed by atoms with E-state index in [1.807, 2.05) is 0 Å². The van der Waals surface area contributed by atoms with Crippen LogP contribution in [0.5, 0.6) is 5.75 Å². The lowest BCUT2D eigenvalue weighted by Gasteiger charge is -2.24. The fourth-order valence-corrected chi connectivity index (χ4v) is 3.12. The molecule has 2 saturated heterocycles. The van der Waals surface area contributed by atoms with Gasteiger partial charge in [-0.15, -0.1) is 0 Å². The summed E-state index contributed by atoms with van der Waals surface area (Å²) in [7, 11) is 0. The van der Waals surface area contributed by atoms with E-state index in [2.05, 4.69) is 29.6 Å². The molecule has 1 unspecified atom stereocenters. The summed E-state index contributed by atoms with van der Waals surface area (Å²) in [6.45, 7) is 3.97. The summed E-state index contributed by atoms with van der Waals surface area (Å²) in [6.07, 6.45) is 6.26. The molecule has 1 aromatic carbocycles. The van der Waals surface area contributed by atoms with E-state index >= 15 is 0 Å². The van der Waals surface area contributed by atoms with Gasteiger partial charge in [-0.2, -0.15) is 0 Å². The highest BCUT2D eigenvalue weighted by Gasteiger charge is 2.16. The molecule has 0 radical (unpaired) electrons. The Morgan fingerprint density at radius 3 is 2.60 bits per heavy atom. The summed E-state index contributed by atoms with van der Waals surface area (Å²) >= 11 is 0. The van der Waals surface area contributed by atoms with Crippen LogP contribution in [0.3, 0.4) is 0 Å². The molecule has 2 fully saturated rings. The van der Waals surface area contributed by atoms with E-state index in [-0.39, 0.29) is 6.10 Å². The standard InChI is InChI=1S/C17H25NO2/c1-2-17(13-19-11-1)20-16-5-3-14(4-6-16)12-15-7-9-18-10-8-15/h3-6,15,17-18H,1-2,7-13H2. The topological polar surface area (TPSA) is 30.5 Å². The monoisotopic (exact) mass is 275 g/mol. The van der Waals surface area contributed by atoms with Crippen LogP contribution in [-0.2, 0) is 11.2 Å². The normalized spacial score (nSPS) is 24.5. The summed E-state index contributed by atoms with van der Waals surface area (Å²) in [5, 5.41) is 3.42. The molecule has 1 N–H and O–H groups in total. The highest BCUT2D eigenvalue weighted by Crippen LogP contribution is 2.22. The van der Waals surface area contributed by atoms with Crippen molar-refractivity contribution in [3.63, 3.8) is 0 Å². The third kappa shape index (κ3) is 3.97. The van der Waals surface area contributed by atoms with Crippen molar-refractivity contribution >= 4 is 0 Å². The maximum absolute atomic E-state index is 5.97. The average molecular weight is 275 g/mol. The number of piperidine rings is 1. The van der Waals surface area contributed by atoms with Gasteiger partial charge in [-0.05, 0) is 68.8 Å². The Morgan fingerprint density at radius 2 is 1.90 bits per heavy atom. The highest BCUT2D eigenvalue weighted by molar-refractivity contribution is 5.27. The minimum atomic E-state index is 0.235. The maximum atomic E-state index is 5.97. The first-order valence-corrected chi connectivity index (χ1v) is 7.94. The Kier molecular flexibility index (Phi) is 4.93. The van der Waals surface area contributed by atoms with Gasteiger partial charge in [-0.3, -0.25) is 0 Å². The number of benzene rings is 1. The molecule has 0 aromatic heterocycles. The molecule has 110 valence electrons. The molecule has 3 rings (SSSR count). The van der Waals surface area contributed by atoms with Gasteiger partial charge < -0.3 is 14.8 Å². The van der Waals surface area contributed by atoms with Crippen LogP contribution in [0, 0.1) is 5.92 Å². The van der Waals surface area contributed by atoms with Crippen molar-refractivity contribution in [1.82, 2.24) is 5.32 Å². The largest absolute Gasteiger partial charge is 0.488 e. The van der Waals surface area contributed by atoms with E-state index in [1.165, 1.54) is 37.9 Å². The molecule has 0 spiro atoms.